The number of carbonyl (C=O) groups excluding carboxylic acids is 2. The van der Waals surface area contributed by atoms with E-state index in [2.05, 4.69) is 10.6 Å². The standard InChI is InChI=1S/C19H22N2O3S/c1-24-15-8-6-14(7-9-15)18(13-4-5-13)21-17(22)10-11-20-19(23)16-3-2-12-25-16/h2-3,6-9,12-13,18H,4-5,10-11H2,1H3,(H,20,23)(H,21,22). The van der Waals surface area contributed by atoms with Gasteiger partial charge in [0.05, 0.1) is 18.0 Å². The average molecular weight is 358 g/mol. The number of carbonyl (C=O) groups is 2. The molecular formula is C19H22N2O3S. The van der Waals surface area contributed by atoms with E-state index in [1.807, 2.05) is 35.7 Å². The highest BCUT2D eigenvalue weighted by molar-refractivity contribution is 7.12. The van der Waals surface area contributed by atoms with Crippen molar-refractivity contribution in [2.45, 2.75) is 25.3 Å². The second-order valence-electron chi connectivity index (χ2n) is 6.14. The average Bonchev–Trinajstić information content (AvgIpc) is 3.32. The largest absolute Gasteiger partial charge is 0.497 e. The first-order chi connectivity index (χ1) is 12.2. The number of ether oxygens (including phenoxy) is 1. The Labute approximate surface area is 151 Å². The Morgan fingerprint density at radius 1 is 1.24 bits per heavy atom. The first kappa shape index (κ1) is 17.5. The first-order valence-electron chi connectivity index (χ1n) is 8.42. The van der Waals surface area contributed by atoms with E-state index in [0.717, 1.165) is 24.2 Å². The highest BCUT2D eigenvalue weighted by Crippen LogP contribution is 2.41. The molecule has 0 bridgehead atoms. The maximum atomic E-state index is 12.3. The summed E-state index contributed by atoms with van der Waals surface area (Å²) in [5.41, 5.74) is 1.10. The summed E-state index contributed by atoms with van der Waals surface area (Å²) in [4.78, 5) is 24.8. The van der Waals surface area contributed by atoms with E-state index in [-0.39, 0.29) is 24.3 Å². The molecule has 1 atom stereocenters. The SMILES string of the molecule is COc1ccc(C(NC(=O)CCNC(=O)c2cccs2)C2CC2)cc1. The zero-order valence-electron chi connectivity index (χ0n) is 14.2. The molecule has 0 spiro atoms. The fourth-order valence-electron chi connectivity index (χ4n) is 2.74. The maximum absolute atomic E-state index is 12.3. The molecule has 6 heteroatoms. The fraction of sp³-hybridized carbons (Fsp3) is 0.368. The molecule has 1 unspecified atom stereocenters. The van der Waals surface area contributed by atoms with Crippen LogP contribution in [0.5, 0.6) is 5.75 Å². The van der Waals surface area contributed by atoms with E-state index in [0.29, 0.717) is 17.3 Å². The van der Waals surface area contributed by atoms with Gasteiger partial charge in [-0.05, 0) is 47.9 Å². The van der Waals surface area contributed by atoms with Gasteiger partial charge in [0.25, 0.3) is 5.91 Å². The van der Waals surface area contributed by atoms with E-state index in [9.17, 15) is 9.59 Å². The molecule has 1 aliphatic rings. The van der Waals surface area contributed by atoms with Gasteiger partial charge in [-0.25, -0.2) is 0 Å². The Morgan fingerprint density at radius 2 is 2.00 bits per heavy atom. The van der Waals surface area contributed by atoms with Crippen LogP contribution in [0, 0.1) is 5.92 Å². The Morgan fingerprint density at radius 3 is 2.60 bits per heavy atom. The Balaban J connectivity index is 1.50. The number of methoxy groups -OCH3 is 1. The highest BCUT2D eigenvalue weighted by Gasteiger charge is 2.33. The quantitative estimate of drug-likeness (QED) is 0.762. The summed E-state index contributed by atoms with van der Waals surface area (Å²) in [6.07, 6.45) is 2.54. The van der Waals surface area contributed by atoms with Crippen molar-refractivity contribution in [3.8, 4) is 5.75 Å². The second-order valence-corrected chi connectivity index (χ2v) is 7.09. The number of hydrogen-bond donors (Lipinski definition) is 2. The minimum atomic E-state index is -0.128. The summed E-state index contributed by atoms with van der Waals surface area (Å²) in [6, 6.07) is 11.5. The molecule has 2 amide bonds. The summed E-state index contributed by atoms with van der Waals surface area (Å²) in [5.74, 6) is 1.13. The van der Waals surface area contributed by atoms with Crippen LogP contribution in [0.15, 0.2) is 41.8 Å². The van der Waals surface area contributed by atoms with E-state index in [4.69, 9.17) is 4.74 Å². The normalized spacial score (nSPS) is 14.6. The summed E-state index contributed by atoms with van der Waals surface area (Å²) in [5, 5.41) is 7.75. The third kappa shape index (κ3) is 4.82. The highest BCUT2D eigenvalue weighted by atomic mass is 32.1. The summed E-state index contributed by atoms with van der Waals surface area (Å²) in [7, 11) is 1.64. The molecule has 1 aliphatic carbocycles. The molecule has 1 heterocycles. The van der Waals surface area contributed by atoms with Crippen LogP contribution in [0.3, 0.4) is 0 Å². The summed E-state index contributed by atoms with van der Waals surface area (Å²) >= 11 is 1.39. The lowest BCUT2D eigenvalue weighted by molar-refractivity contribution is -0.121. The molecule has 1 aromatic heterocycles. The van der Waals surface area contributed by atoms with Crippen molar-refractivity contribution in [2.24, 2.45) is 5.92 Å². The third-order valence-corrected chi connectivity index (χ3v) is 5.14. The molecule has 0 aliphatic heterocycles. The van der Waals surface area contributed by atoms with Gasteiger partial charge in [0.2, 0.25) is 5.91 Å². The first-order valence-corrected chi connectivity index (χ1v) is 9.30. The van der Waals surface area contributed by atoms with Gasteiger partial charge in [0.1, 0.15) is 5.75 Å². The number of rotatable bonds is 8. The van der Waals surface area contributed by atoms with Gasteiger partial charge in [-0.2, -0.15) is 0 Å². The van der Waals surface area contributed by atoms with Gasteiger partial charge in [-0.3, -0.25) is 9.59 Å². The van der Waals surface area contributed by atoms with Gasteiger partial charge < -0.3 is 15.4 Å². The number of benzene rings is 1. The molecule has 132 valence electrons. The van der Waals surface area contributed by atoms with Gasteiger partial charge in [-0.15, -0.1) is 11.3 Å². The Bertz CT molecular complexity index is 709. The molecule has 1 saturated carbocycles. The molecule has 1 fully saturated rings. The third-order valence-electron chi connectivity index (χ3n) is 4.27. The lowest BCUT2D eigenvalue weighted by Gasteiger charge is -2.19. The van der Waals surface area contributed by atoms with Crippen molar-refractivity contribution in [1.29, 1.82) is 0 Å². The van der Waals surface area contributed by atoms with Crippen LogP contribution in [0.1, 0.15) is 40.5 Å². The van der Waals surface area contributed by atoms with Crippen molar-refractivity contribution in [1.82, 2.24) is 10.6 Å². The van der Waals surface area contributed by atoms with Crippen molar-refractivity contribution < 1.29 is 14.3 Å². The van der Waals surface area contributed by atoms with Gasteiger partial charge in [0.15, 0.2) is 0 Å². The Hall–Kier alpha value is -2.34. The number of amides is 2. The lowest BCUT2D eigenvalue weighted by Crippen LogP contribution is -2.33. The van der Waals surface area contributed by atoms with Crippen LogP contribution in [0.25, 0.3) is 0 Å². The molecule has 2 N–H and O–H groups in total. The topological polar surface area (TPSA) is 67.4 Å². The van der Waals surface area contributed by atoms with Crippen LogP contribution in [-0.4, -0.2) is 25.5 Å². The number of hydrogen-bond acceptors (Lipinski definition) is 4. The van der Waals surface area contributed by atoms with Crippen LogP contribution < -0.4 is 15.4 Å². The van der Waals surface area contributed by atoms with Crippen LogP contribution in [0.2, 0.25) is 0 Å². The van der Waals surface area contributed by atoms with Crippen LogP contribution >= 0.6 is 11.3 Å². The molecule has 3 rings (SSSR count). The predicted molar refractivity (Wildman–Crippen MR) is 97.9 cm³/mol. The second kappa shape index (κ2) is 8.16. The van der Waals surface area contributed by atoms with Gasteiger partial charge >= 0.3 is 0 Å². The van der Waals surface area contributed by atoms with Crippen molar-refractivity contribution >= 4 is 23.2 Å². The summed E-state index contributed by atoms with van der Waals surface area (Å²) in [6.45, 7) is 0.336. The smallest absolute Gasteiger partial charge is 0.261 e. The minimum absolute atomic E-state index is 0.0337. The molecule has 0 radical (unpaired) electrons. The molecule has 1 aromatic carbocycles. The van der Waals surface area contributed by atoms with Crippen molar-refractivity contribution in [2.75, 3.05) is 13.7 Å². The molecule has 25 heavy (non-hydrogen) atoms. The number of thiophene rings is 1. The van der Waals surface area contributed by atoms with Crippen molar-refractivity contribution in [3.05, 3.63) is 52.2 Å². The van der Waals surface area contributed by atoms with Crippen LogP contribution in [0.4, 0.5) is 0 Å². The molecule has 0 saturated heterocycles. The number of nitrogens with one attached hydrogen (secondary N) is 2. The fourth-order valence-corrected chi connectivity index (χ4v) is 3.38. The van der Waals surface area contributed by atoms with E-state index in [1.54, 1.807) is 13.2 Å². The van der Waals surface area contributed by atoms with Crippen LogP contribution in [-0.2, 0) is 4.79 Å². The van der Waals surface area contributed by atoms with E-state index < -0.39 is 0 Å². The van der Waals surface area contributed by atoms with E-state index in [1.165, 1.54) is 11.3 Å². The zero-order valence-corrected chi connectivity index (χ0v) is 15.0. The molecule has 2 aromatic rings. The molecule has 5 nitrogen and oxygen atoms in total. The minimum Gasteiger partial charge on any atom is -0.497 e. The Kier molecular flexibility index (Phi) is 5.71. The summed E-state index contributed by atoms with van der Waals surface area (Å²) < 4.78 is 5.19. The van der Waals surface area contributed by atoms with Crippen molar-refractivity contribution in [3.63, 3.8) is 0 Å². The lowest BCUT2D eigenvalue weighted by atomic mass is 10.0. The predicted octanol–water partition coefficient (Wildman–Crippen LogP) is 3.14. The van der Waals surface area contributed by atoms with Gasteiger partial charge in [0, 0.05) is 13.0 Å². The maximum Gasteiger partial charge on any atom is 0.261 e. The van der Waals surface area contributed by atoms with E-state index >= 15 is 0 Å². The van der Waals surface area contributed by atoms with Gasteiger partial charge in [-0.1, -0.05) is 18.2 Å². The zero-order chi connectivity index (χ0) is 17.6. The monoisotopic (exact) mass is 358 g/mol. The molecular weight excluding hydrogens is 336 g/mol.